The predicted octanol–water partition coefficient (Wildman–Crippen LogP) is 2.37. The van der Waals surface area contributed by atoms with Gasteiger partial charge in [-0.1, -0.05) is 25.6 Å². The molecule has 1 aromatic carbocycles. The number of hydrogen-bond donors (Lipinski definition) is 1. The Labute approximate surface area is 203 Å². The Hall–Kier alpha value is -3.05. The Morgan fingerprint density at radius 1 is 1.18 bits per heavy atom. The lowest BCUT2D eigenvalue weighted by molar-refractivity contribution is -0.123. The molecule has 4 rings (SSSR count). The molecule has 182 valence electrons. The molecule has 1 aliphatic rings. The minimum atomic E-state index is -0.202. The average molecular weight is 487 g/mol. The van der Waals surface area contributed by atoms with Crippen LogP contribution in [0, 0.1) is 0 Å². The predicted molar refractivity (Wildman–Crippen MR) is 131 cm³/mol. The maximum absolute atomic E-state index is 12.2. The summed E-state index contributed by atoms with van der Waals surface area (Å²) >= 11 is 1.62. The minimum Gasteiger partial charge on any atom is -0.497 e. The molecule has 0 saturated carbocycles. The van der Waals surface area contributed by atoms with Crippen molar-refractivity contribution in [3.8, 4) is 11.5 Å². The monoisotopic (exact) mass is 486 g/mol. The van der Waals surface area contributed by atoms with E-state index in [-0.39, 0.29) is 12.5 Å². The lowest BCUT2D eigenvalue weighted by Crippen LogP contribution is -2.37. The number of nitrogens with zero attached hydrogens (tertiary/aromatic N) is 5. The first-order chi connectivity index (χ1) is 16.5. The van der Waals surface area contributed by atoms with Crippen LogP contribution < -0.4 is 19.7 Å². The molecule has 0 radical (unpaired) electrons. The summed E-state index contributed by atoms with van der Waals surface area (Å²) in [5.41, 5.74) is 0.767. The average Bonchev–Trinajstić information content (AvgIpc) is 3.25. The largest absolute Gasteiger partial charge is 0.497 e. The Balaban J connectivity index is 1.39. The Bertz CT molecular complexity index is 1100. The molecule has 0 bridgehead atoms. The molecule has 3 heterocycles. The molecule has 34 heavy (non-hydrogen) atoms. The Morgan fingerprint density at radius 3 is 2.62 bits per heavy atom. The van der Waals surface area contributed by atoms with Crippen LogP contribution in [0.2, 0.25) is 0 Å². The van der Waals surface area contributed by atoms with E-state index in [1.807, 2.05) is 4.68 Å². The van der Waals surface area contributed by atoms with Gasteiger partial charge in [0.2, 0.25) is 0 Å². The topological polar surface area (TPSA) is 104 Å². The number of benzene rings is 1. The lowest BCUT2D eigenvalue weighted by Gasteiger charge is -2.28. The molecule has 1 aliphatic heterocycles. The zero-order valence-corrected chi connectivity index (χ0v) is 20.5. The van der Waals surface area contributed by atoms with Crippen LogP contribution >= 0.6 is 11.8 Å². The van der Waals surface area contributed by atoms with Gasteiger partial charge in [-0.15, -0.1) is 0 Å². The maximum Gasteiger partial charge on any atom is 0.258 e. The van der Waals surface area contributed by atoms with Crippen molar-refractivity contribution in [1.29, 1.82) is 0 Å². The summed E-state index contributed by atoms with van der Waals surface area (Å²) in [6.07, 6.45) is 1.80. The standard InChI is InChI=1S/C23H30N6O4S/c1-16(2)34-23-26-21(28-10-12-32-13-11-28)19-14-25-29(22(19)27-23)9-8-24-20(30)15-33-18-6-4-17(31-3)5-7-18/h4-7,14,16H,8-13,15H2,1-3H3,(H,24,30). The summed E-state index contributed by atoms with van der Waals surface area (Å²) in [5.74, 6) is 2.03. The number of carbonyl (C=O) groups is 1. The summed E-state index contributed by atoms with van der Waals surface area (Å²) in [4.78, 5) is 24.0. The lowest BCUT2D eigenvalue weighted by atomic mass is 10.3. The number of methoxy groups -OCH3 is 1. The van der Waals surface area contributed by atoms with Gasteiger partial charge in [-0.2, -0.15) is 5.10 Å². The molecule has 3 aromatic rings. The molecule has 0 unspecified atom stereocenters. The van der Waals surface area contributed by atoms with Gasteiger partial charge in [0.05, 0.1) is 38.5 Å². The van der Waals surface area contributed by atoms with Crippen LogP contribution in [0.5, 0.6) is 11.5 Å². The highest BCUT2D eigenvalue weighted by Crippen LogP contribution is 2.29. The van der Waals surface area contributed by atoms with Gasteiger partial charge in [0.15, 0.2) is 17.4 Å². The minimum absolute atomic E-state index is 0.0648. The van der Waals surface area contributed by atoms with Gasteiger partial charge in [-0.05, 0) is 24.3 Å². The van der Waals surface area contributed by atoms with E-state index in [0.29, 0.717) is 37.3 Å². The SMILES string of the molecule is COc1ccc(OCC(=O)NCCn2ncc3c(N4CCOCC4)nc(SC(C)C)nc32)cc1. The molecular formula is C23H30N6O4S. The number of nitrogens with one attached hydrogen (secondary N) is 1. The van der Waals surface area contributed by atoms with Gasteiger partial charge in [-0.25, -0.2) is 14.6 Å². The van der Waals surface area contributed by atoms with Gasteiger partial charge in [0.25, 0.3) is 5.91 Å². The third-order valence-corrected chi connectivity index (χ3v) is 6.05. The van der Waals surface area contributed by atoms with Crippen LogP contribution in [-0.2, 0) is 16.1 Å². The quantitative estimate of drug-likeness (QED) is 0.342. The van der Waals surface area contributed by atoms with Gasteiger partial charge >= 0.3 is 0 Å². The Morgan fingerprint density at radius 2 is 1.91 bits per heavy atom. The number of carbonyl (C=O) groups excluding carboxylic acids is 1. The smallest absolute Gasteiger partial charge is 0.258 e. The molecule has 0 atom stereocenters. The second kappa shape index (κ2) is 11.4. The van der Waals surface area contributed by atoms with Crippen LogP contribution in [0.25, 0.3) is 11.0 Å². The number of fused-ring (bicyclic) bond motifs is 1. The molecule has 1 fully saturated rings. The van der Waals surface area contributed by atoms with Crippen molar-refractivity contribution in [3.05, 3.63) is 30.5 Å². The summed E-state index contributed by atoms with van der Waals surface area (Å²) in [7, 11) is 1.60. The van der Waals surface area contributed by atoms with Gasteiger partial charge < -0.3 is 24.4 Å². The number of ether oxygens (including phenoxy) is 3. The van der Waals surface area contributed by atoms with Crippen molar-refractivity contribution in [2.45, 2.75) is 30.8 Å². The highest BCUT2D eigenvalue weighted by Gasteiger charge is 2.20. The van der Waals surface area contributed by atoms with Crippen molar-refractivity contribution in [2.75, 3.05) is 51.5 Å². The van der Waals surface area contributed by atoms with Crippen molar-refractivity contribution in [2.24, 2.45) is 0 Å². The van der Waals surface area contributed by atoms with E-state index in [1.165, 1.54) is 0 Å². The van der Waals surface area contributed by atoms with E-state index in [0.717, 1.165) is 40.8 Å². The number of aromatic nitrogens is 4. The van der Waals surface area contributed by atoms with E-state index in [2.05, 4.69) is 29.2 Å². The fourth-order valence-electron chi connectivity index (χ4n) is 3.54. The fraction of sp³-hybridized carbons (Fsp3) is 0.478. The van der Waals surface area contributed by atoms with Gasteiger partial charge in [0.1, 0.15) is 17.3 Å². The summed E-state index contributed by atoms with van der Waals surface area (Å²) < 4.78 is 18.0. The van der Waals surface area contributed by atoms with Gasteiger partial charge in [-0.3, -0.25) is 4.79 Å². The second-order valence-electron chi connectivity index (χ2n) is 8.01. The van der Waals surface area contributed by atoms with Crippen molar-refractivity contribution >= 4 is 34.5 Å². The zero-order chi connectivity index (χ0) is 23.9. The second-order valence-corrected chi connectivity index (χ2v) is 9.56. The van der Waals surface area contributed by atoms with E-state index >= 15 is 0 Å². The third-order valence-electron chi connectivity index (χ3n) is 5.18. The van der Waals surface area contributed by atoms with Crippen molar-refractivity contribution in [1.82, 2.24) is 25.1 Å². The highest BCUT2D eigenvalue weighted by atomic mass is 32.2. The molecule has 1 N–H and O–H groups in total. The molecule has 1 amide bonds. The van der Waals surface area contributed by atoms with Crippen molar-refractivity contribution in [3.63, 3.8) is 0 Å². The summed E-state index contributed by atoms with van der Waals surface area (Å²) in [5, 5.41) is 9.40. The fourth-order valence-corrected chi connectivity index (χ4v) is 4.24. The number of morpholine rings is 1. The van der Waals surface area contributed by atoms with E-state index < -0.39 is 0 Å². The zero-order valence-electron chi connectivity index (χ0n) is 19.7. The molecular weight excluding hydrogens is 456 g/mol. The summed E-state index contributed by atoms with van der Waals surface area (Å²) in [6.45, 7) is 7.99. The maximum atomic E-state index is 12.2. The van der Waals surface area contributed by atoms with E-state index in [9.17, 15) is 4.79 Å². The Kier molecular flexibility index (Phi) is 8.07. The van der Waals surface area contributed by atoms with Crippen molar-refractivity contribution < 1.29 is 19.0 Å². The van der Waals surface area contributed by atoms with Crippen LogP contribution in [-0.4, -0.2) is 77.5 Å². The van der Waals surface area contributed by atoms with E-state index in [1.54, 1.807) is 49.3 Å². The number of anilines is 1. The molecule has 0 spiro atoms. The van der Waals surface area contributed by atoms with Crippen LogP contribution in [0.15, 0.2) is 35.6 Å². The molecule has 11 heteroatoms. The number of rotatable bonds is 10. The molecule has 1 saturated heterocycles. The molecule has 2 aromatic heterocycles. The first kappa shape index (κ1) is 24.1. The van der Waals surface area contributed by atoms with Crippen LogP contribution in [0.4, 0.5) is 5.82 Å². The number of hydrogen-bond acceptors (Lipinski definition) is 9. The molecule has 0 aliphatic carbocycles. The number of thioether (sulfide) groups is 1. The first-order valence-corrected chi connectivity index (χ1v) is 12.2. The van der Waals surface area contributed by atoms with Crippen LogP contribution in [0.1, 0.15) is 13.8 Å². The molecule has 10 nitrogen and oxygen atoms in total. The third kappa shape index (κ3) is 6.09. The normalized spacial score (nSPS) is 13.9. The van der Waals surface area contributed by atoms with E-state index in [4.69, 9.17) is 24.2 Å². The first-order valence-electron chi connectivity index (χ1n) is 11.3. The van der Waals surface area contributed by atoms with Gasteiger partial charge in [0, 0.05) is 24.9 Å². The van der Waals surface area contributed by atoms with Crippen LogP contribution in [0.3, 0.4) is 0 Å². The highest BCUT2D eigenvalue weighted by molar-refractivity contribution is 7.99. The number of amides is 1. The summed E-state index contributed by atoms with van der Waals surface area (Å²) in [6, 6.07) is 7.10.